The Bertz CT molecular complexity index is 663. The van der Waals surface area contributed by atoms with Crippen LogP contribution in [0.3, 0.4) is 0 Å². The van der Waals surface area contributed by atoms with Gasteiger partial charge in [-0.2, -0.15) is 5.10 Å². The van der Waals surface area contributed by atoms with E-state index in [0.717, 1.165) is 28.4 Å². The molecule has 20 heavy (non-hydrogen) atoms. The lowest BCUT2D eigenvalue weighted by molar-refractivity contribution is 0.262. The molecule has 3 rings (SSSR count). The van der Waals surface area contributed by atoms with Gasteiger partial charge in [0, 0.05) is 12.6 Å². The van der Waals surface area contributed by atoms with E-state index in [-0.39, 0.29) is 0 Å². The maximum Gasteiger partial charge on any atom is 0.179 e. The van der Waals surface area contributed by atoms with Gasteiger partial charge in [-0.15, -0.1) is 0 Å². The Hall–Kier alpha value is -1.10. The lowest BCUT2D eigenvalue weighted by Gasteiger charge is -2.29. The molecule has 2 aromatic heterocycles. The molecule has 0 amide bonds. The first kappa shape index (κ1) is 13.9. The zero-order valence-corrected chi connectivity index (χ0v) is 13.5. The van der Waals surface area contributed by atoms with Crippen LogP contribution in [0.1, 0.15) is 57.7 Å². The molecular weight excluding hydrogens is 268 g/mol. The van der Waals surface area contributed by atoms with E-state index in [1.165, 1.54) is 37.8 Å². The molecule has 0 spiro atoms. The van der Waals surface area contributed by atoms with Crippen LogP contribution in [0.2, 0.25) is 0 Å². The molecule has 0 radical (unpaired) electrons. The van der Waals surface area contributed by atoms with Crippen LogP contribution in [0, 0.1) is 17.6 Å². The minimum Gasteiger partial charge on any atom is -0.328 e. The highest BCUT2D eigenvalue weighted by molar-refractivity contribution is 7.71. The van der Waals surface area contributed by atoms with E-state index in [2.05, 4.69) is 40.1 Å². The molecule has 1 aliphatic rings. The molecule has 2 atom stereocenters. The highest BCUT2D eigenvalue weighted by Crippen LogP contribution is 2.36. The highest BCUT2D eigenvalue weighted by atomic mass is 32.1. The Morgan fingerprint density at radius 2 is 2.15 bits per heavy atom. The molecule has 0 aliphatic heterocycles. The average molecular weight is 292 g/mol. The number of fused-ring (bicyclic) bond motifs is 1. The van der Waals surface area contributed by atoms with Crippen LogP contribution in [0.5, 0.6) is 0 Å². The largest absolute Gasteiger partial charge is 0.328 e. The fourth-order valence-corrected chi connectivity index (χ4v) is 3.99. The third-order valence-corrected chi connectivity index (χ3v) is 5.08. The molecule has 110 valence electrons. The minimum atomic E-state index is 0.538. The van der Waals surface area contributed by atoms with Crippen molar-refractivity contribution in [2.24, 2.45) is 5.92 Å². The number of aromatic amines is 1. The topological polar surface area (TPSA) is 38.5 Å². The molecule has 4 nitrogen and oxygen atoms in total. The summed E-state index contributed by atoms with van der Waals surface area (Å²) in [6.45, 7) is 7.39. The molecule has 5 heteroatoms. The third kappa shape index (κ3) is 2.12. The summed E-state index contributed by atoms with van der Waals surface area (Å²) < 4.78 is 5.30. The molecule has 1 aliphatic carbocycles. The van der Waals surface area contributed by atoms with Crippen LogP contribution in [-0.4, -0.2) is 19.3 Å². The maximum absolute atomic E-state index is 5.60. The molecule has 1 saturated carbocycles. The second-order valence-electron chi connectivity index (χ2n) is 5.99. The number of hydrogen-bond donors (Lipinski definition) is 1. The minimum absolute atomic E-state index is 0.538. The summed E-state index contributed by atoms with van der Waals surface area (Å²) in [6.07, 6.45) is 6.47. The van der Waals surface area contributed by atoms with E-state index < -0.39 is 0 Å². The molecule has 2 heterocycles. The lowest BCUT2D eigenvalue weighted by atomic mass is 9.84. The summed E-state index contributed by atoms with van der Waals surface area (Å²) in [5, 5.41) is 4.62. The second-order valence-corrected chi connectivity index (χ2v) is 6.38. The Morgan fingerprint density at radius 3 is 2.85 bits per heavy atom. The van der Waals surface area contributed by atoms with Crippen molar-refractivity contribution in [2.75, 3.05) is 0 Å². The van der Waals surface area contributed by atoms with Gasteiger partial charge in [0.15, 0.2) is 10.4 Å². The van der Waals surface area contributed by atoms with Crippen molar-refractivity contribution in [1.82, 2.24) is 19.3 Å². The predicted octanol–water partition coefficient (Wildman–Crippen LogP) is 4.37. The summed E-state index contributed by atoms with van der Waals surface area (Å²) in [6, 6.07) is 0.538. The van der Waals surface area contributed by atoms with Crippen LogP contribution in [0.25, 0.3) is 11.2 Å². The van der Waals surface area contributed by atoms with E-state index in [1.54, 1.807) is 0 Å². The van der Waals surface area contributed by atoms with Crippen LogP contribution < -0.4 is 0 Å². The Balaban J connectivity index is 2.10. The number of nitrogens with one attached hydrogen (secondary N) is 1. The van der Waals surface area contributed by atoms with Crippen LogP contribution in [0.4, 0.5) is 0 Å². The number of nitrogens with zero attached hydrogens (tertiary/aromatic N) is 3. The first-order chi connectivity index (χ1) is 9.65. The Labute approximate surface area is 125 Å². The molecule has 1 fully saturated rings. The number of aryl methyl sites for hydroxylation is 2. The van der Waals surface area contributed by atoms with E-state index in [9.17, 15) is 0 Å². The van der Waals surface area contributed by atoms with E-state index >= 15 is 0 Å². The summed E-state index contributed by atoms with van der Waals surface area (Å²) in [7, 11) is 0. The Kier molecular flexibility index (Phi) is 3.71. The van der Waals surface area contributed by atoms with Gasteiger partial charge in [-0.3, -0.25) is 4.57 Å². The van der Waals surface area contributed by atoms with E-state index in [4.69, 9.17) is 12.2 Å². The number of rotatable bonds is 3. The van der Waals surface area contributed by atoms with Crippen molar-refractivity contribution in [3.05, 3.63) is 10.5 Å². The number of H-pyrrole nitrogens is 1. The maximum atomic E-state index is 5.60. The molecule has 2 aromatic rings. The van der Waals surface area contributed by atoms with Gasteiger partial charge >= 0.3 is 0 Å². The predicted molar refractivity (Wildman–Crippen MR) is 84.6 cm³/mol. The van der Waals surface area contributed by atoms with Crippen LogP contribution in [0.15, 0.2) is 0 Å². The van der Waals surface area contributed by atoms with Gasteiger partial charge in [0.2, 0.25) is 0 Å². The monoisotopic (exact) mass is 292 g/mol. The zero-order valence-electron chi connectivity index (χ0n) is 12.6. The van der Waals surface area contributed by atoms with Crippen molar-refractivity contribution in [3.63, 3.8) is 0 Å². The highest BCUT2D eigenvalue weighted by Gasteiger charge is 2.26. The van der Waals surface area contributed by atoms with E-state index in [0.29, 0.717) is 6.04 Å². The quantitative estimate of drug-likeness (QED) is 0.853. The summed E-state index contributed by atoms with van der Waals surface area (Å²) in [5.74, 6) is 0.847. The number of hydrogen-bond acceptors (Lipinski definition) is 2. The van der Waals surface area contributed by atoms with Gasteiger partial charge in [0.05, 0.1) is 5.69 Å². The van der Waals surface area contributed by atoms with Gasteiger partial charge in [0.25, 0.3) is 0 Å². The van der Waals surface area contributed by atoms with E-state index in [1.807, 2.05) is 0 Å². The smallest absolute Gasteiger partial charge is 0.179 e. The van der Waals surface area contributed by atoms with Gasteiger partial charge in [0.1, 0.15) is 5.52 Å². The summed E-state index contributed by atoms with van der Waals surface area (Å²) in [4.78, 5) is 3.37. The Morgan fingerprint density at radius 1 is 1.35 bits per heavy atom. The first-order valence-electron chi connectivity index (χ1n) is 7.83. The van der Waals surface area contributed by atoms with Gasteiger partial charge < -0.3 is 4.98 Å². The van der Waals surface area contributed by atoms with Gasteiger partial charge in [-0.25, -0.2) is 4.68 Å². The first-order valence-corrected chi connectivity index (χ1v) is 8.24. The van der Waals surface area contributed by atoms with Crippen LogP contribution in [-0.2, 0) is 6.54 Å². The summed E-state index contributed by atoms with van der Waals surface area (Å²) >= 11 is 5.60. The van der Waals surface area contributed by atoms with Crippen LogP contribution >= 0.6 is 12.2 Å². The second kappa shape index (κ2) is 5.35. The van der Waals surface area contributed by atoms with Crippen molar-refractivity contribution in [1.29, 1.82) is 0 Å². The van der Waals surface area contributed by atoms with Gasteiger partial charge in [-0.05, 0) is 44.8 Å². The van der Waals surface area contributed by atoms with Crippen molar-refractivity contribution >= 4 is 23.4 Å². The van der Waals surface area contributed by atoms with Gasteiger partial charge in [-0.1, -0.05) is 26.2 Å². The standard InChI is InChI=1S/C15H24N4S/c1-4-11-7-6-8-12(9-11)19-14-13(16-15(19)20)10(3)17-18(14)5-2/h11-12H,4-9H2,1-3H3,(H,16,20). The SMILES string of the molecule is CCC1CCCC(n2c(=S)[nH]c3c(C)nn(CC)c32)C1. The molecule has 0 saturated heterocycles. The molecule has 0 bridgehead atoms. The number of aromatic nitrogens is 4. The van der Waals surface area contributed by atoms with Crippen molar-refractivity contribution < 1.29 is 0 Å². The summed E-state index contributed by atoms with van der Waals surface area (Å²) in [5.41, 5.74) is 3.36. The lowest BCUT2D eigenvalue weighted by Crippen LogP contribution is -2.20. The average Bonchev–Trinajstić information content (AvgIpc) is 2.95. The fourth-order valence-electron chi connectivity index (χ4n) is 3.65. The normalized spacial score (nSPS) is 23.6. The number of imidazole rings is 1. The molecule has 0 aromatic carbocycles. The van der Waals surface area contributed by atoms with Crippen molar-refractivity contribution in [3.8, 4) is 0 Å². The fraction of sp³-hybridized carbons (Fsp3) is 0.733. The molecule has 1 N–H and O–H groups in total. The third-order valence-electron chi connectivity index (χ3n) is 4.78. The molecular formula is C15H24N4S. The zero-order chi connectivity index (χ0) is 14.3. The molecule has 2 unspecified atom stereocenters. The van der Waals surface area contributed by atoms with Crippen molar-refractivity contribution in [2.45, 2.75) is 65.5 Å².